The zero-order valence-corrected chi connectivity index (χ0v) is 11.2. The lowest BCUT2D eigenvalue weighted by Gasteiger charge is -2.06. The van der Waals surface area contributed by atoms with Crippen LogP contribution in [0.5, 0.6) is 0 Å². The minimum atomic E-state index is 0.677. The Morgan fingerprint density at radius 1 is 1.15 bits per heavy atom. The van der Waals surface area contributed by atoms with Crippen molar-refractivity contribution in [1.82, 2.24) is 9.55 Å². The summed E-state index contributed by atoms with van der Waals surface area (Å²) < 4.78 is 2.04. The molecule has 20 heavy (non-hydrogen) atoms. The number of benzene rings is 2. The van der Waals surface area contributed by atoms with Crippen molar-refractivity contribution in [3.05, 3.63) is 59.7 Å². The highest BCUT2D eigenvalue weighted by atomic mass is 15.2. The fourth-order valence-corrected chi connectivity index (χ4v) is 2.18. The molecular weight excluding hydrogens is 248 g/mol. The van der Waals surface area contributed by atoms with Crippen LogP contribution >= 0.6 is 0 Å². The van der Waals surface area contributed by atoms with Gasteiger partial charge in [0.2, 0.25) is 5.95 Å². The summed E-state index contributed by atoms with van der Waals surface area (Å²) in [6.07, 6.45) is 0. The van der Waals surface area contributed by atoms with Gasteiger partial charge in [-0.1, -0.05) is 24.3 Å². The molecule has 0 bridgehead atoms. The van der Waals surface area contributed by atoms with Crippen molar-refractivity contribution in [2.24, 2.45) is 7.05 Å². The van der Waals surface area contributed by atoms with E-state index >= 15 is 0 Å². The van der Waals surface area contributed by atoms with Crippen LogP contribution in [0.4, 0.5) is 5.95 Å². The Bertz CT molecular complexity index is 778. The molecule has 3 rings (SSSR count). The van der Waals surface area contributed by atoms with Gasteiger partial charge in [0, 0.05) is 13.6 Å². The molecule has 3 aromatic rings. The highest BCUT2D eigenvalue weighted by molar-refractivity contribution is 5.78. The van der Waals surface area contributed by atoms with E-state index in [0.717, 1.165) is 22.5 Å². The predicted octanol–water partition coefficient (Wildman–Crippen LogP) is 3.06. The number of aryl methyl sites for hydroxylation is 1. The van der Waals surface area contributed by atoms with Gasteiger partial charge in [0.05, 0.1) is 22.7 Å². The van der Waals surface area contributed by atoms with Crippen LogP contribution in [0.3, 0.4) is 0 Å². The Balaban J connectivity index is 1.79. The molecule has 1 aromatic heterocycles. The van der Waals surface area contributed by atoms with Crippen molar-refractivity contribution < 1.29 is 0 Å². The third kappa shape index (κ3) is 2.21. The van der Waals surface area contributed by atoms with E-state index in [9.17, 15) is 0 Å². The number of nitriles is 1. The van der Waals surface area contributed by atoms with Crippen LogP contribution in [-0.2, 0) is 13.6 Å². The number of imidazole rings is 1. The molecular formula is C16H14N4. The molecule has 0 unspecified atom stereocenters. The van der Waals surface area contributed by atoms with Gasteiger partial charge < -0.3 is 9.88 Å². The molecule has 0 aliphatic rings. The van der Waals surface area contributed by atoms with E-state index in [0.29, 0.717) is 12.1 Å². The number of nitrogens with zero attached hydrogens (tertiary/aromatic N) is 3. The molecule has 0 atom stereocenters. The van der Waals surface area contributed by atoms with Crippen molar-refractivity contribution in [3.8, 4) is 6.07 Å². The lowest BCUT2D eigenvalue weighted by atomic mass is 10.1. The zero-order chi connectivity index (χ0) is 13.9. The van der Waals surface area contributed by atoms with Gasteiger partial charge in [0.15, 0.2) is 0 Å². The van der Waals surface area contributed by atoms with Gasteiger partial charge in [-0.2, -0.15) is 5.26 Å². The van der Waals surface area contributed by atoms with E-state index in [4.69, 9.17) is 5.26 Å². The van der Waals surface area contributed by atoms with Crippen LogP contribution in [0.1, 0.15) is 11.1 Å². The molecule has 0 spiro atoms. The highest BCUT2D eigenvalue weighted by Crippen LogP contribution is 2.18. The fourth-order valence-electron chi connectivity index (χ4n) is 2.18. The number of hydrogen-bond donors (Lipinski definition) is 1. The smallest absolute Gasteiger partial charge is 0.203 e. The minimum Gasteiger partial charge on any atom is -0.352 e. The summed E-state index contributed by atoms with van der Waals surface area (Å²) in [7, 11) is 2.00. The van der Waals surface area contributed by atoms with Crippen molar-refractivity contribution in [2.45, 2.75) is 6.54 Å². The molecule has 0 saturated heterocycles. The number of anilines is 1. The Labute approximate surface area is 117 Å². The molecule has 0 saturated carbocycles. The standard InChI is InChI=1S/C16H14N4/c1-20-15-5-3-2-4-14(15)19-16(20)18-11-13-8-6-12(10-17)7-9-13/h2-9H,11H2,1H3,(H,18,19). The topological polar surface area (TPSA) is 53.6 Å². The maximum absolute atomic E-state index is 8.77. The monoisotopic (exact) mass is 262 g/mol. The summed E-state index contributed by atoms with van der Waals surface area (Å²) in [5.41, 5.74) is 3.89. The van der Waals surface area contributed by atoms with E-state index < -0.39 is 0 Å². The van der Waals surface area contributed by atoms with Crippen molar-refractivity contribution in [1.29, 1.82) is 5.26 Å². The third-order valence-electron chi connectivity index (χ3n) is 3.32. The number of nitrogens with one attached hydrogen (secondary N) is 1. The zero-order valence-electron chi connectivity index (χ0n) is 11.2. The molecule has 0 amide bonds. The lowest BCUT2D eigenvalue weighted by Crippen LogP contribution is -2.04. The van der Waals surface area contributed by atoms with Crippen LogP contribution in [0.25, 0.3) is 11.0 Å². The summed E-state index contributed by atoms with van der Waals surface area (Å²) in [6.45, 7) is 0.683. The average molecular weight is 262 g/mol. The molecule has 4 heteroatoms. The Morgan fingerprint density at radius 2 is 1.90 bits per heavy atom. The van der Waals surface area contributed by atoms with Crippen LogP contribution in [-0.4, -0.2) is 9.55 Å². The van der Waals surface area contributed by atoms with Crippen LogP contribution in [0.2, 0.25) is 0 Å². The Kier molecular flexibility index (Phi) is 3.10. The van der Waals surface area contributed by atoms with Crippen molar-refractivity contribution in [3.63, 3.8) is 0 Å². The molecule has 0 fully saturated rings. The van der Waals surface area contributed by atoms with Crippen LogP contribution in [0, 0.1) is 11.3 Å². The molecule has 0 aliphatic carbocycles. The van der Waals surface area contributed by atoms with Gasteiger partial charge >= 0.3 is 0 Å². The van der Waals surface area contributed by atoms with Crippen LogP contribution < -0.4 is 5.32 Å². The predicted molar refractivity (Wildman–Crippen MR) is 79.2 cm³/mol. The Morgan fingerprint density at radius 3 is 2.60 bits per heavy atom. The van der Waals surface area contributed by atoms with E-state index in [-0.39, 0.29) is 0 Å². The quantitative estimate of drug-likeness (QED) is 0.789. The van der Waals surface area contributed by atoms with E-state index in [2.05, 4.69) is 22.4 Å². The highest BCUT2D eigenvalue weighted by Gasteiger charge is 2.06. The van der Waals surface area contributed by atoms with Gasteiger partial charge in [0.25, 0.3) is 0 Å². The van der Waals surface area contributed by atoms with E-state index in [1.54, 1.807) is 0 Å². The first-order valence-corrected chi connectivity index (χ1v) is 6.42. The Hall–Kier alpha value is -2.80. The second kappa shape index (κ2) is 5.06. The minimum absolute atomic E-state index is 0.677. The maximum Gasteiger partial charge on any atom is 0.203 e. The summed E-state index contributed by atoms with van der Waals surface area (Å²) in [4.78, 5) is 4.56. The average Bonchev–Trinajstić information content (AvgIpc) is 2.83. The fraction of sp³-hybridized carbons (Fsp3) is 0.125. The summed E-state index contributed by atoms with van der Waals surface area (Å²) in [5, 5.41) is 12.1. The number of aromatic nitrogens is 2. The van der Waals surface area contributed by atoms with Crippen LogP contribution in [0.15, 0.2) is 48.5 Å². The summed E-state index contributed by atoms with van der Waals surface area (Å²) in [6, 6.07) is 17.7. The van der Waals surface area contributed by atoms with Gasteiger partial charge in [-0.3, -0.25) is 0 Å². The maximum atomic E-state index is 8.77. The first-order valence-electron chi connectivity index (χ1n) is 6.42. The van der Waals surface area contributed by atoms with Crippen molar-refractivity contribution in [2.75, 3.05) is 5.32 Å². The number of fused-ring (bicyclic) bond motifs is 1. The number of rotatable bonds is 3. The number of para-hydroxylation sites is 2. The van der Waals surface area contributed by atoms with Gasteiger partial charge in [-0.25, -0.2) is 4.98 Å². The number of hydrogen-bond acceptors (Lipinski definition) is 3. The molecule has 4 nitrogen and oxygen atoms in total. The molecule has 1 N–H and O–H groups in total. The SMILES string of the molecule is Cn1c(NCc2ccc(C#N)cc2)nc2ccccc21. The first kappa shape index (κ1) is 12.2. The summed E-state index contributed by atoms with van der Waals surface area (Å²) in [5.74, 6) is 0.843. The normalized spacial score (nSPS) is 10.4. The van der Waals surface area contributed by atoms with Gasteiger partial charge in [0.1, 0.15) is 0 Å². The molecule has 0 radical (unpaired) electrons. The second-order valence-corrected chi connectivity index (χ2v) is 4.65. The van der Waals surface area contributed by atoms with Gasteiger partial charge in [-0.15, -0.1) is 0 Å². The second-order valence-electron chi connectivity index (χ2n) is 4.65. The lowest BCUT2D eigenvalue weighted by molar-refractivity contribution is 0.927. The molecule has 1 heterocycles. The molecule has 0 aliphatic heterocycles. The largest absolute Gasteiger partial charge is 0.352 e. The van der Waals surface area contributed by atoms with Gasteiger partial charge in [-0.05, 0) is 29.8 Å². The van der Waals surface area contributed by atoms with E-state index in [1.165, 1.54) is 0 Å². The molecule has 98 valence electrons. The summed E-state index contributed by atoms with van der Waals surface area (Å²) >= 11 is 0. The van der Waals surface area contributed by atoms with E-state index in [1.807, 2.05) is 54.1 Å². The third-order valence-corrected chi connectivity index (χ3v) is 3.32. The molecule has 2 aromatic carbocycles. The first-order chi connectivity index (χ1) is 9.78. The van der Waals surface area contributed by atoms with Crippen molar-refractivity contribution >= 4 is 17.0 Å².